The minimum absolute atomic E-state index is 0.0121. The van der Waals surface area contributed by atoms with Gasteiger partial charge in [-0.25, -0.2) is 0 Å². The van der Waals surface area contributed by atoms with Gasteiger partial charge in [-0.05, 0) is 38.5 Å². The van der Waals surface area contributed by atoms with E-state index in [2.05, 4.69) is 0 Å². The van der Waals surface area contributed by atoms with Crippen LogP contribution in [0.5, 0.6) is 5.75 Å². The maximum Gasteiger partial charge on any atom is 0.118 e. The molecule has 0 fully saturated rings. The molecule has 3 unspecified atom stereocenters. The van der Waals surface area contributed by atoms with Crippen LogP contribution in [0, 0.1) is 0 Å². The molecule has 4 nitrogen and oxygen atoms in total. The lowest BCUT2D eigenvalue weighted by Crippen LogP contribution is -2.31. The van der Waals surface area contributed by atoms with Gasteiger partial charge in [0.25, 0.3) is 0 Å². The van der Waals surface area contributed by atoms with Crippen LogP contribution in [0.15, 0.2) is 24.3 Å². The van der Waals surface area contributed by atoms with Crippen molar-refractivity contribution in [2.45, 2.75) is 39.0 Å². The van der Waals surface area contributed by atoms with Crippen molar-refractivity contribution >= 4 is 0 Å². The van der Waals surface area contributed by atoms with Gasteiger partial charge < -0.3 is 19.9 Å². The second-order valence-corrected chi connectivity index (χ2v) is 4.66. The first-order chi connectivity index (χ1) is 9.08. The molecule has 0 saturated heterocycles. The van der Waals surface area contributed by atoms with Crippen LogP contribution < -0.4 is 10.5 Å². The van der Waals surface area contributed by atoms with E-state index in [1.165, 1.54) is 0 Å². The first-order valence-electron chi connectivity index (χ1n) is 6.71. The predicted molar refractivity (Wildman–Crippen MR) is 76.4 cm³/mol. The molecule has 108 valence electrons. The largest absolute Gasteiger partial charge is 0.497 e. The third-order valence-corrected chi connectivity index (χ3v) is 2.86. The Morgan fingerprint density at radius 1 is 1.16 bits per heavy atom. The minimum Gasteiger partial charge on any atom is -0.497 e. The van der Waals surface area contributed by atoms with Gasteiger partial charge in [0.15, 0.2) is 0 Å². The van der Waals surface area contributed by atoms with Gasteiger partial charge in [-0.3, -0.25) is 0 Å². The lowest BCUT2D eigenvalue weighted by atomic mass is 10.0. The molecule has 3 atom stereocenters. The Morgan fingerprint density at radius 3 is 2.26 bits per heavy atom. The summed E-state index contributed by atoms with van der Waals surface area (Å²) < 4.78 is 16.5. The van der Waals surface area contributed by atoms with Gasteiger partial charge in [-0.1, -0.05) is 12.1 Å². The van der Waals surface area contributed by atoms with Gasteiger partial charge in [0.1, 0.15) is 5.75 Å². The van der Waals surface area contributed by atoms with Gasteiger partial charge in [0, 0.05) is 12.6 Å². The van der Waals surface area contributed by atoms with E-state index in [-0.39, 0.29) is 18.2 Å². The fraction of sp³-hybridized carbons (Fsp3) is 0.600. The van der Waals surface area contributed by atoms with E-state index in [9.17, 15) is 0 Å². The Kier molecular flexibility index (Phi) is 6.84. The number of ether oxygens (including phenoxy) is 3. The molecule has 1 rings (SSSR count). The molecule has 0 radical (unpaired) electrons. The van der Waals surface area contributed by atoms with Crippen molar-refractivity contribution in [3.05, 3.63) is 29.8 Å². The highest BCUT2D eigenvalue weighted by Crippen LogP contribution is 2.24. The van der Waals surface area contributed by atoms with E-state index in [4.69, 9.17) is 19.9 Å². The van der Waals surface area contributed by atoms with Crippen LogP contribution in [-0.2, 0) is 9.47 Å². The standard InChI is InChI=1S/C15H25NO3/c1-5-18-10-11(2)19-15(12(3)16)13-6-8-14(17-4)9-7-13/h6-9,11-12,15H,5,10,16H2,1-4H3. The highest BCUT2D eigenvalue weighted by molar-refractivity contribution is 5.29. The Labute approximate surface area is 115 Å². The van der Waals surface area contributed by atoms with Gasteiger partial charge in [-0.2, -0.15) is 0 Å². The topological polar surface area (TPSA) is 53.7 Å². The van der Waals surface area contributed by atoms with E-state index in [1.54, 1.807) is 7.11 Å². The van der Waals surface area contributed by atoms with Crippen LogP contribution in [0.2, 0.25) is 0 Å². The van der Waals surface area contributed by atoms with Crippen molar-refractivity contribution in [2.75, 3.05) is 20.3 Å². The van der Waals surface area contributed by atoms with Gasteiger partial charge >= 0.3 is 0 Å². The van der Waals surface area contributed by atoms with Crippen LogP contribution >= 0.6 is 0 Å². The molecule has 0 spiro atoms. The summed E-state index contributed by atoms with van der Waals surface area (Å²) in [4.78, 5) is 0. The highest BCUT2D eigenvalue weighted by Gasteiger charge is 2.19. The molecule has 0 bridgehead atoms. The molecule has 0 saturated carbocycles. The van der Waals surface area contributed by atoms with Crippen molar-refractivity contribution in [1.29, 1.82) is 0 Å². The molecular weight excluding hydrogens is 242 g/mol. The fourth-order valence-corrected chi connectivity index (χ4v) is 1.87. The number of nitrogens with two attached hydrogens (primary N) is 1. The SMILES string of the molecule is CCOCC(C)OC(c1ccc(OC)cc1)C(C)N. The van der Waals surface area contributed by atoms with Crippen LogP contribution in [0.1, 0.15) is 32.4 Å². The predicted octanol–water partition coefficient (Wildman–Crippen LogP) is 2.53. The van der Waals surface area contributed by atoms with Crippen LogP contribution in [-0.4, -0.2) is 32.5 Å². The molecule has 19 heavy (non-hydrogen) atoms. The molecule has 0 amide bonds. The zero-order valence-electron chi connectivity index (χ0n) is 12.3. The van der Waals surface area contributed by atoms with E-state index < -0.39 is 0 Å². The number of benzene rings is 1. The van der Waals surface area contributed by atoms with Gasteiger partial charge in [-0.15, -0.1) is 0 Å². The number of methoxy groups -OCH3 is 1. The van der Waals surface area contributed by atoms with E-state index in [0.717, 1.165) is 11.3 Å². The average molecular weight is 267 g/mol. The zero-order chi connectivity index (χ0) is 14.3. The molecule has 0 aliphatic heterocycles. The molecule has 1 aromatic carbocycles. The van der Waals surface area contributed by atoms with Crippen LogP contribution in [0.4, 0.5) is 0 Å². The van der Waals surface area contributed by atoms with Crippen molar-refractivity contribution in [3.8, 4) is 5.75 Å². The molecule has 2 N–H and O–H groups in total. The van der Waals surface area contributed by atoms with Crippen LogP contribution in [0.3, 0.4) is 0 Å². The summed E-state index contributed by atoms with van der Waals surface area (Å²) in [5, 5.41) is 0. The summed E-state index contributed by atoms with van der Waals surface area (Å²) in [7, 11) is 1.65. The maximum atomic E-state index is 6.02. The third kappa shape index (κ3) is 5.19. The summed E-state index contributed by atoms with van der Waals surface area (Å²) in [6.07, 6.45) is -0.126. The average Bonchev–Trinajstić information content (AvgIpc) is 2.42. The second kappa shape index (κ2) is 8.15. The monoisotopic (exact) mass is 267 g/mol. The molecule has 1 aromatic rings. The first kappa shape index (κ1) is 16.0. The van der Waals surface area contributed by atoms with Crippen molar-refractivity contribution in [1.82, 2.24) is 0 Å². The van der Waals surface area contributed by atoms with E-state index in [1.807, 2.05) is 45.0 Å². The Hall–Kier alpha value is -1.10. The quantitative estimate of drug-likeness (QED) is 0.786. The van der Waals surface area contributed by atoms with Crippen molar-refractivity contribution < 1.29 is 14.2 Å². The number of hydrogen-bond donors (Lipinski definition) is 1. The smallest absolute Gasteiger partial charge is 0.118 e. The molecular formula is C15H25NO3. The van der Waals surface area contributed by atoms with E-state index in [0.29, 0.717) is 13.2 Å². The minimum atomic E-state index is -0.138. The van der Waals surface area contributed by atoms with Gasteiger partial charge in [0.05, 0.1) is 25.9 Å². The summed E-state index contributed by atoms with van der Waals surface area (Å²) in [6.45, 7) is 7.19. The molecule has 0 aromatic heterocycles. The normalized spacial score (nSPS) is 15.8. The Balaban J connectivity index is 2.70. The lowest BCUT2D eigenvalue weighted by molar-refractivity contribution is -0.0550. The summed E-state index contributed by atoms with van der Waals surface area (Å²) in [5.74, 6) is 0.828. The molecule has 4 heteroatoms. The second-order valence-electron chi connectivity index (χ2n) is 4.66. The van der Waals surface area contributed by atoms with Crippen molar-refractivity contribution in [3.63, 3.8) is 0 Å². The first-order valence-corrected chi connectivity index (χ1v) is 6.71. The highest BCUT2D eigenvalue weighted by atomic mass is 16.5. The number of hydrogen-bond acceptors (Lipinski definition) is 4. The summed E-state index contributed by atoms with van der Waals surface area (Å²) >= 11 is 0. The number of rotatable bonds is 8. The van der Waals surface area contributed by atoms with Crippen molar-refractivity contribution in [2.24, 2.45) is 5.73 Å². The Bertz CT molecular complexity index is 351. The summed E-state index contributed by atoms with van der Waals surface area (Å²) in [5.41, 5.74) is 7.07. The zero-order valence-corrected chi connectivity index (χ0v) is 12.3. The van der Waals surface area contributed by atoms with Gasteiger partial charge in [0.2, 0.25) is 0 Å². The molecule has 0 aliphatic rings. The Morgan fingerprint density at radius 2 is 1.79 bits per heavy atom. The lowest BCUT2D eigenvalue weighted by Gasteiger charge is -2.26. The molecule has 0 aliphatic carbocycles. The van der Waals surface area contributed by atoms with Crippen LogP contribution in [0.25, 0.3) is 0 Å². The molecule has 0 heterocycles. The third-order valence-electron chi connectivity index (χ3n) is 2.86. The van der Waals surface area contributed by atoms with E-state index >= 15 is 0 Å². The fourth-order valence-electron chi connectivity index (χ4n) is 1.87. The maximum absolute atomic E-state index is 6.02. The summed E-state index contributed by atoms with van der Waals surface area (Å²) in [6, 6.07) is 7.72.